The lowest BCUT2D eigenvalue weighted by molar-refractivity contribution is 0.0735. The fraction of sp³-hybridized carbons (Fsp3) is 0.0476. The SMILES string of the molecule is Cc1cccc(OC(=O)c2ccc(-c3nc4ccccc4s3)cc2)c1. The number of thiazole rings is 1. The summed E-state index contributed by atoms with van der Waals surface area (Å²) >= 11 is 1.64. The molecule has 0 N–H and O–H groups in total. The van der Waals surface area contributed by atoms with Crippen LogP contribution in [-0.4, -0.2) is 11.0 Å². The second-order valence-electron chi connectivity index (χ2n) is 5.77. The first kappa shape index (κ1) is 15.5. The molecule has 0 amide bonds. The molecule has 0 saturated heterocycles. The zero-order valence-electron chi connectivity index (χ0n) is 13.6. The summed E-state index contributed by atoms with van der Waals surface area (Å²) in [5.74, 6) is 0.196. The third kappa shape index (κ3) is 3.30. The number of hydrogen-bond acceptors (Lipinski definition) is 4. The summed E-state index contributed by atoms with van der Waals surface area (Å²) in [6.45, 7) is 1.96. The fourth-order valence-corrected chi connectivity index (χ4v) is 3.56. The molecule has 1 aromatic heterocycles. The van der Waals surface area contributed by atoms with Gasteiger partial charge < -0.3 is 4.74 Å². The van der Waals surface area contributed by atoms with E-state index in [0.29, 0.717) is 11.3 Å². The molecule has 3 aromatic carbocycles. The average molecular weight is 345 g/mol. The van der Waals surface area contributed by atoms with Gasteiger partial charge in [-0.05, 0) is 48.9 Å². The van der Waals surface area contributed by atoms with E-state index in [2.05, 4.69) is 11.1 Å². The van der Waals surface area contributed by atoms with Gasteiger partial charge in [-0.3, -0.25) is 0 Å². The number of fused-ring (bicyclic) bond motifs is 1. The van der Waals surface area contributed by atoms with Gasteiger partial charge >= 0.3 is 5.97 Å². The van der Waals surface area contributed by atoms with Gasteiger partial charge in [-0.1, -0.05) is 36.4 Å². The molecule has 4 heteroatoms. The van der Waals surface area contributed by atoms with Gasteiger partial charge in [0.1, 0.15) is 10.8 Å². The molecule has 0 spiro atoms. The molecule has 0 aliphatic rings. The number of ether oxygens (including phenoxy) is 1. The van der Waals surface area contributed by atoms with Gasteiger partial charge in [-0.2, -0.15) is 0 Å². The molecule has 0 bridgehead atoms. The maximum atomic E-state index is 12.3. The van der Waals surface area contributed by atoms with E-state index in [0.717, 1.165) is 26.4 Å². The highest BCUT2D eigenvalue weighted by atomic mass is 32.1. The van der Waals surface area contributed by atoms with Crippen LogP contribution in [0.2, 0.25) is 0 Å². The normalized spacial score (nSPS) is 10.8. The van der Waals surface area contributed by atoms with Crippen LogP contribution >= 0.6 is 11.3 Å². The Morgan fingerprint density at radius 3 is 2.52 bits per heavy atom. The smallest absolute Gasteiger partial charge is 0.343 e. The molecule has 0 unspecified atom stereocenters. The predicted molar refractivity (Wildman–Crippen MR) is 101 cm³/mol. The quantitative estimate of drug-likeness (QED) is 0.364. The number of carbonyl (C=O) groups is 1. The summed E-state index contributed by atoms with van der Waals surface area (Å²) in [5, 5.41) is 0.944. The molecular formula is C21H15NO2S. The number of carbonyl (C=O) groups excluding carboxylic acids is 1. The van der Waals surface area contributed by atoms with Crippen molar-refractivity contribution in [3.63, 3.8) is 0 Å². The molecule has 4 aromatic rings. The van der Waals surface area contributed by atoms with E-state index in [9.17, 15) is 4.79 Å². The highest BCUT2D eigenvalue weighted by molar-refractivity contribution is 7.21. The summed E-state index contributed by atoms with van der Waals surface area (Å²) < 4.78 is 6.58. The van der Waals surface area contributed by atoms with Gasteiger partial charge in [-0.25, -0.2) is 9.78 Å². The molecule has 0 saturated carbocycles. The van der Waals surface area contributed by atoms with Crippen LogP contribution in [0.5, 0.6) is 5.75 Å². The van der Waals surface area contributed by atoms with Crippen LogP contribution in [-0.2, 0) is 0 Å². The first-order valence-corrected chi connectivity index (χ1v) is 8.75. The zero-order valence-corrected chi connectivity index (χ0v) is 14.4. The maximum absolute atomic E-state index is 12.3. The Morgan fingerprint density at radius 1 is 0.960 bits per heavy atom. The molecule has 0 fully saturated rings. The Bertz CT molecular complexity index is 1020. The Hall–Kier alpha value is -2.98. The molecule has 0 aliphatic heterocycles. The van der Waals surface area contributed by atoms with Crippen LogP contribution in [0.15, 0.2) is 72.8 Å². The zero-order chi connectivity index (χ0) is 17.2. The van der Waals surface area contributed by atoms with Crippen molar-refractivity contribution in [2.24, 2.45) is 0 Å². The molecule has 0 aliphatic carbocycles. The third-order valence-electron chi connectivity index (χ3n) is 3.86. The van der Waals surface area contributed by atoms with Crippen LogP contribution in [0.1, 0.15) is 15.9 Å². The van der Waals surface area contributed by atoms with Crippen molar-refractivity contribution < 1.29 is 9.53 Å². The fourth-order valence-electron chi connectivity index (χ4n) is 2.59. The van der Waals surface area contributed by atoms with Crippen LogP contribution in [0, 0.1) is 6.92 Å². The number of aryl methyl sites for hydroxylation is 1. The highest BCUT2D eigenvalue weighted by Crippen LogP contribution is 2.30. The first-order valence-electron chi connectivity index (χ1n) is 7.94. The lowest BCUT2D eigenvalue weighted by Crippen LogP contribution is -2.08. The standard InChI is InChI=1S/C21H15NO2S/c1-14-5-4-6-17(13-14)24-21(23)16-11-9-15(10-12-16)20-22-18-7-2-3-8-19(18)25-20/h2-13H,1H3. The van der Waals surface area contributed by atoms with Crippen molar-refractivity contribution in [1.29, 1.82) is 0 Å². The summed E-state index contributed by atoms with van der Waals surface area (Å²) in [6.07, 6.45) is 0. The Labute approximate surface area is 149 Å². The van der Waals surface area contributed by atoms with Gasteiger partial charge in [0, 0.05) is 5.56 Å². The van der Waals surface area contributed by atoms with Crippen LogP contribution in [0.4, 0.5) is 0 Å². The Kier molecular flexibility index (Phi) is 4.04. The molecule has 25 heavy (non-hydrogen) atoms. The molecule has 1 heterocycles. The van der Waals surface area contributed by atoms with E-state index in [4.69, 9.17) is 4.74 Å². The number of para-hydroxylation sites is 1. The predicted octanol–water partition coefficient (Wildman–Crippen LogP) is 5.49. The minimum atomic E-state index is -0.360. The van der Waals surface area contributed by atoms with Crippen molar-refractivity contribution in [2.75, 3.05) is 0 Å². The van der Waals surface area contributed by atoms with Crippen LogP contribution in [0.3, 0.4) is 0 Å². The van der Waals surface area contributed by atoms with E-state index in [-0.39, 0.29) is 5.97 Å². The summed E-state index contributed by atoms with van der Waals surface area (Å²) in [6, 6.07) is 22.9. The lowest BCUT2D eigenvalue weighted by atomic mass is 10.1. The van der Waals surface area contributed by atoms with Crippen LogP contribution < -0.4 is 4.74 Å². The van der Waals surface area contributed by atoms with E-state index >= 15 is 0 Å². The number of aromatic nitrogens is 1. The lowest BCUT2D eigenvalue weighted by Gasteiger charge is -2.05. The number of esters is 1. The van der Waals surface area contributed by atoms with E-state index in [1.54, 1.807) is 29.5 Å². The second-order valence-corrected chi connectivity index (χ2v) is 6.80. The Balaban J connectivity index is 1.56. The van der Waals surface area contributed by atoms with Gasteiger partial charge in [0.25, 0.3) is 0 Å². The molecule has 0 atom stereocenters. The van der Waals surface area contributed by atoms with Crippen molar-refractivity contribution >= 4 is 27.5 Å². The minimum absolute atomic E-state index is 0.360. The molecule has 3 nitrogen and oxygen atoms in total. The van der Waals surface area contributed by atoms with Gasteiger partial charge in [-0.15, -0.1) is 11.3 Å². The van der Waals surface area contributed by atoms with E-state index in [1.807, 2.05) is 55.5 Å². The van der Waals surface area contributed by atoms with Crippen molar-refractivity contribution in [3.05, 3.63) is 83.9 Å². The molecule has 122 valence electrons. The first-order chi connectivity index (χ1) is 12.2. The van der Waals surface area contributed by atoms with Gasteiger partial charge in [0.05, 0.1) is 15.8 Å². The summed E-state index contributed by atoms with van der Waals surface area (Å²) in [5.41, 5.74) is 3.56. The maximum Gasteiger partial charge on any atom is 0.343 e. The van der Waals surface area contributed by atoms with Crippen molar-refractivity contribution in [1.82, 2.24) is 4.98 Å². The topological polar surface area (TPSA) is 39.2 Å². The summed E-state index contributed by atoms with van der Waals surface area (Å²) in [7, 11) is 0. The van der Waals surface area contributed by atoms with E-state index < -0.39 is 0 Å². The molecule has 0 radical (unpaired) electrons. The second kappa shape index (κ2) is 6.49. The monoisotopic (exact) mass is 345 g/mol. The number of nitrogens with zero attached hydrogens (tertiary/aromatic N) is 1. The highest BCUT2D eigenvalue weighted by Gasteiger charge is 2.11. The van der Waals surface area contributed by atoms with Gasteiger partial charge in [0.2, 0.25) is 0 Å². The summed E-state index contributed by atoms with van der Waals surface area (Å²) in [4.78, 5) is 16.9. The van der Waals surface area contributed by atoms with Crippen molar-refractivity contribution in [3.8, 4) is 16.3 Å². The third-order valence-corrected chi connectivity index (χ3v) is 4.95. The van der Waals surface area contributed by atoms with Crippen molar-refractivity contribution in [2.45, 2.75) is 6.92 Å². The van der Waals surface area contributed by atoms with Gasteiger partial charge in [0.15, 0.2) is 0 Å². The number of rotatable bonds is 3. The Morgan fingerprint density at radius 2 is 1.76 bits per heavy atom. The molecular weight excluding hydrogens is 330 g/mol. The van der Waals surface area contributed by atoms with E-state index in [1.165, 1.54) is 0 Å². The minimum Gasteiger partial charge on any atom is -0.423 e. The molecule has 4 rings (SSSR count). The van der Waals surface area contributed by atoms with Crippen LogP contribution in [0.25, 0.3) is 20.8 Å². The average Bonchev–Trinajstić information content (AvgIpc) is 3.06. The largest absolute Gasteiger partial charge is 0.423 e. The number of benzene rings is 3. The number of hydrogen-bond donors (Lipinski definition) is 0.